The zero-order valence-electron chi connectivity index (χ0n) is 15.7. The molecule has 4 nitrogen and oxygen atoms in total. The predicted octanol–water partition coefficient (Wildman–Crippen LogP) is 4.85. The van der Waals surface area contributed by atoms with Crippen LogP contribution < -0.4 is 0 Å². The van der Waals surface area contributed by atoms with E-state index >= 15 is 0 Å². The van der Waals surface area contributed by atoms with Crippen molar-refractivity contribution in [3.63, 3.8) is 0 Å². The molecule has 7 heteroatoms. The average Bonchev–Trinajstić information content (AvgIpc) is 2.54. The van der Waals surface area contributed by atoms with Crippen LogP contribution in [-0.2, 0) is 4.74 Å². The number of Topliss-reactive ketones (excluding diaryl/α,β-unsaturated/α-hetero) is 1. The molecule has 2 aliphatic rings. The number of benzene rings is 1. The fourth-order valence-corrected chi connectivity index (χ4v) is 4.14. The van der Waals surface area contributed by atoms with E-state index in [1.807, 2.05) is 0 Å². The number of rotatable bonds is 2. The SMILES string of the molecule is CC(C)(C)OC(=O)N1C2CCCC1CC(C(=O)c1cc(F)c(F)cc1F)C2. The monoisotopic (exact) mass is 383 g/mol. The second-order valence-corrected chi connectivity index (χ2v) is 8.40. The van der Waals surface area contributed by atoms with Crippen LogP contribution in [0, 0.1) is 23.4 Å². The third kappa shape index (κ3) is 4.12. The van der Waals surface area contributed by atoms with Gasteiger partial charge in [-0.3, -0.25) is 4.79 Å². The first-order valence-electron chi connectivity index (χ1n) is 9.27. The number of hydrogen-bond donors (Lipinski definition) is 0. The molecule has 0 N–H and O–H groups in total. The van der Waals surface area contributed by atoms with Crippen molar-refractivity contribution in [1.29, 1.82) is 0 Å². The van der Waals surface area contributed by atoms with Crippen LogP contribution in [0.25, 0.3) is 0 Å². The molecule has 2 heterocycles. The number of nitrogens with zero attached hydrogens (tertiary/aromatic N) is 1. The summed E-state index contributed by atoms with van der Waals surface area (Å²) in [6.07, 6.45) is 2.75. The van der Waals surface area contributed by atoms with Crippen LogP contribution in [0.4, 0.5) is 18.0 Å². The van der Waals surface area contributed by atoms with E-state index < -0.39 is 46.4 Å². The lowest BCUT2D eigenvalue weighted by molar-refractivity contribution is -0.0261. The minimum atomic E-state index is -1.32. The van der Waals surface area contributed by atoms with E-state index in [4.69, 9.17) is 4.74 Å². The van der Waals surface area contributed by atoms with Gasteiger partial charge in [0.1, 0.15) is 11.4 Å². The van der Waals surface area contributed by atoms with Gasteiger partial charge >= 0.3 is 6.09 Å². The highest BCUT2D eigenvalue weighted by Gasteiger charge is 2.44. The summed E-state index contributed by atoms with van der Waals surface area (Å²) in [7, 11) is 0. The topological polar surface area (TPSA) is 46.6 Å². The van der Waals surface area contributed by atoms with Crippen LogP contribution in [-0.4, -0.2) is 34.5 Å². The molecule has 1 aromatic rings. The average molecular weight is 383 g/mol. The Hall–Kier alpha value is -2.05. The molecule has 2 unspecified atom stereocenters. The Balaban J connectivity index is 1.79. The Morgan fingerprint density at radius 3 is 2.11 bits per heavy atom. The number of carbonyl (C=O) groups excluding carboxylic acids is 2. The molecule has 0 aliphatic carbocycles. The van der Waals surface area contributed by atoms with Crippen LogP contribution in [0.3, 0.4) is 0 Å². The van der Waals surface area contributed by atoms with E-state index in [0.29, 0.717) is 25.0 Å². The molecule has 1 aromatic carbocycles. The number of halogens is 3. The van der Waals surface area contributed by atoms with E-state index in [1.54, 1.807) is 25.7 Å². The maximum atomic E-state index is 14.0. The van der Waals surface area contributed by atoms with Gasteiger partial charge in [-0.05, 0) is 58.9 Å². The van der Waals surface area contributed by atoms with Gasteiger partial charge in [-0.15, -0.1) is 0 Å². The minimum Gasteiger partial charge on any atom is -0.444 e. The first kappa shape index (κ1) is 19.7. The molecule has 0 aromatic heterocycles. The maximum absolute atomic E-state index is 14.0. The maximum Gasteiger partial charge on any atom is 0.410 e. The summed E-state index contributed by atoms with van der Waals surface area (Å²) in [5.74, 6) is -4.68. The largest absolute Gasteiger partial charge is 0.444 e. The van der Waals surface area contributed by atoms with Gasteiger partial charge in [-0.1, -0.05) is 0 Å². The van der Waals surface area contributed by atoms with E-state index in [9.17, 15) is 22.8 Å². The molecule has 1 amide bonds. The number of carbonyl (C=O) groups is 2. The molecular formula is C20H24F3NO3. The summed E-state index contributed by atoms with van der Waals surface area (Å²) in [4.78, 5) is 27.0. The van der Waals surface area contributed by atoms with Gasteiger partial charge in [0.2, 0.25) is 0 Å². The Labute approximate surface area is 156 Å². The number of fused-ring (bicyclic) bond motifs is 2. The van der Waals surface area contributed by atoms with E-state index in [0.717, 1.165) is 19.3 Å². The molecule has 0 saturated carbocycles. The van der Waals surface area contributed by atoms with Gasteiger partial charge in [0.05, 0.1) is 5.56 Å². The van der Waals surface area contributed by atoms with Crippen molar-refractivity contribution in [2.75, 3.05) is 0 Å². The normalized spacial score (nSPS) is 25.3. The second-order valence-electron chi connectivity index (χ2n) is 8.40. The van der Waals surface area contributed by atoms with Crippen molar-refractivity contribution < 1.29 is 27.5 Å². The predicted molar refractivity (Wildman–Crippen MR) is 92.9 cm³/mol. The van der Waals surface area contributed by atoms with Crippen molar-refractivity contribution in [3.8, 4) is 0 Å². The lowest BCUT2D eigenvalue weighted by Crippen LogP contribution is -2.56. The van der Waals surface area contributed by atoms with Gasteiger partial charge in [0, 0.05) is 24.1 Å². The first-order chi connectivity index (χ1) is 12.6. The highest BCUT2D eigenvalue weighted by Crippen LogP contribution is 2.39. The van der Waals surface area contributed by atoms with Gasteiger partial charge in [-0.2, -0.15) is 0 Å². The zero-order chi connectivity index (χ0) is 19.9. The Bertz CT molecular complexity index is 746. The van der Waals surface area contributed by atoms with Gasteiger partial charge in [0.15, 0.2) is 17.4 Å². The van der Waals surface area contributed by atoms with Gasteiger partial charge in [-0.25, -0.2) is 18.0 Å². The smallest absolute Gasteiger partial charge is 0.410 e. The molecule has 3 rings (SSSR count). The zero-order valence-corrected chi connectivity index (χ0v) is 15.7. The van der Waals surface area contributed by atoms with E-state index in [-0.39, 0.29) is 12.1 Å². The Morgan fingerprint density at radius 2 is 1.56 bits per heavy atom. The standard InChI is InChI=1S/C20H24F3NO3/c1-20(2,3)27-19(26)24-12-5-4-6-13(24)8-11(7-12)18(25)14-9-16(22)17(23)10-15(14)21/h9-13H,4-8H2,1-3H3. The lowest BCUT2D eigenvalue weighted by atomic mass is 9.75. The minimum absolute atomic E-state index is 0.172. The summed E-state index contributed by atoms with van der Waals surface area (Å²) in [5.41, 5.74) is -1.05. The third-order valence-electron chi connectivity index (χ3n) is 5.23. The quantitative estimate of drug-likeness (QED) is 0.542. The summed E-state index contributed by atoms with van der Waals surface area (Å²) in [6, 6.07) is 0.687. The molecule has 2 saturated heterocycles. The summed E-state index contributed by atoms with van der Waals surface area (Å²) in [5, 5.41) is 0. The molecule has 2 atom stereocenters. The van der Waals surface area contributed by atoms with E-state index in [2.05, 4.69) is 0 Å². The van der Waals surface area contributed by atoms with Crippen LogP contribution >= 0.6 is 0 Å². The van der Waals surface area contributed by atoms with Crippen molar-refractivity contribution in [1.82, 2.24) is 4.90 Å². The summed E-state index contributed by atoms with van der Waals surface area (Å²) >= 11 is 0. The molecule has 2 fully saturated rings. The highest BCUT2D eigenvalue weighted by molar-refractivity contribution is 5.98. The Kier molecular flexibility index (Phi) is 5.23. The van der Waals surface area contributed by atoms with Crippen LogP contribution in [0.2, 0.25) is 0 Å². The van der Waals surface area contributed by atoms with Crippen molar-refractivity contribution in [3.05, 3.63) is 35.1 Å². The lowest BCUT2D eigenvalue weighted by Gasteiger charge is -2.48. The Morgan fingerprint density at radius 1 is 1.00 bits per heavy atom. The van der Waals surface area contributed by atoms with Gasteiger partial charge in [0.25, 0.3) is 0 Å². The number of piperidine rings is 2. The molecule has 0 spiro atoms. The third-order valence-corrected chi connectivity index (χ3v) is 5.23. The fourth-order valence-electron chi connectivity index (χ4n) is 4.14. The van der Waals surface area contributed by atoms with Crippen LogP contribution in [0.15, 0.2) is 12.1 Å². The van der Waals surface area contributed by atoms with Crippen molar-refractivity contribution >= 4 is 11.9 Å². The molecule has 2 aliphatic heterocycles. The van der Waals surface area contributed by atoms with E-state index in [1.165, 1.54) is 0 Å². The number of ether oxygens (including phenoxy) is 1. The molecule has 0 radical (unpaired) electrons. The second kappa shape index (κ2) is 7.17. The van der Waals surface area contributed by atoms with Crippen molar-refractivity contribution in [2.45, 2.75) is 70.6 Å². The molecule has 27 heavy (non-hydrogen) atoms. The number of ketones is 1. The number of hydrogen-bond acceptors (Lipinski definition) is 3. The molecule has 2 bridgehead atoms. The van der Waals surface area contributed by atoms with Crippen LogP contribution in [0.1, 0.15) is 63.2 Å². The number of amides is 1. The summed E-state index contributed by atoms with van der Waals surface area (Å²) in [6.45, 7) is 5.38. The van der Waals surface area contributed by atoms with Crippen molar-refractivity contribution in [2.24, 2.45) is 5.92 Å². The molecule has 148 valence electrons. The van der Waals surface area contributed by atoms with Gasteiger partial charge < -0.3 is 9.64 Å². The summed E-state index contributed by atoms with van der Waals surface area (Å²) < 4.78 is 46.1. The highest BCUT2D eigenvalue weighted by atomic mass is 19.2. The first-order valence-corrected chi connectivity index (χ1v) is 9.27. The molecular weight excluding hydrogens is 359 g/mol. The fraction of sp³-hybridized carbons (Fsp3) is 0.600. The van der Waals surface area contributed by atoms with Crippen LogP contribution in [0.5, 0.6) is 0 Å².